The molecule has 1 saturated carbocycles. The van der Waals surface area contributed by atoms with Crippen molar-refractivity contribution in [3.8, 4) is 0 Å². The lowest BCUT2D eigenvalue weighted by Gasteiger charge is -2.34. The maximum atomic E-state index is 12.5. The van der Waals surface area contributed by atoms with E-state index in [1.54, 1.807) is 0 Å². The van der Waals surface area contributed by atoms with Gasteiger partial charge < -0.3 is 20.3 Å². The van der Waals surface area contributed by atoms with Crippen molar-refractivity contribution in [1.82, 2.24) is 10.6 Å². The van der Waals surface area contributed by atoms with Crippen molar-refractivity contribution in [1.29, 1.82) is 0 Å². The first-order valence-corrected chi connectivity index (χ1v) is 9.72. The Morgan fingerprint density at radius 1 is 1.28 bits per heavy atom. The van der Waals surface area contributed by atoms with Gasteiger partial charge in [0.25, 0.3) is 0 Å². The van der Waals surface area contributed by atoms with Crippen LogP contribution in [0, 0.1) is 5.92 Å². The highest BCUT2D eigenvalue weighted by atomic mass is 35.5. The highest BCUT2D eigenvalue weighted by Crippen LogP contribution is 2.32. The second-order valence-corrected chi connectivity index (χ2v) is 7.77. The fourth-order valence-electron chi connectivity index (χ4n) is 4.56. The quantitative estimate of drug-likeness (QED) is 0.861. The van der Waals surface area contributed by atoms with Crippen LogP contribution in [0.2, 0.25) is 5.02 Å². The van der Waals surface area contributed by atoms with Gasteiger partial charge in [0.15, 0.2) is 0 Å². The molecule has 6 heteroatoms. The third-order valence-electron chi connectivity index (χ3n) is 5.75. The SMILES string of the molecule is O=C1CC(NC2CCCC2C2COCCN2)CN1c1ccccc1Cl. The summed E-state index contributed by atoms with van der Waals surface area (Å²) in [6, 6.07) is 8.67. The van der Waals surface area contributed by atoms with Gasteiger partial charge in [0, 0.05) is 37.6 Å². The molecule has 2 N–H and O–H groups in total. The maximum Gasteiger partial charge on any atom is 0.228 e. The summed E-state index contributed by atoms with van der Waals surface area (Å²) in [5.41, 5.74) is 0.823. The van der Waals surface area contributed by atoms with Crippen molar-refractivity contribution in [3.63, 3.8) is 0 Å². The zero-order chi connectivity index (χ0) is 17.2. The number of amides is 1. The van der Waals surface area contributed by atoms with E-state index in [0.29, 0.717) is 36.0 Å². The molecule has 0 bridgehead atoms. The molecule has 3 fully saturated rings. The van der Waals surface area contributed by atoms with Crippen LogP contribution in [-0.2, 0) is 9.53 Å². The smallest absolute Gasteiger partial charge is 0.228 e. The third kappa shape index (κ3) is 3.70. The van der Waals surface area contributed by atoms with Crippen molar-refractivity contribution in [2.75, 3.05) is 31.2 Å². The number of nitrogens with one attached hydrogen (secondary N) is 2. The molecule has 136 valence electrons. The molecule has 2 saturated heterocycles. The van der Waals surface area contributed by atoms with Crippen molar-refractivity contribution in [3.05, 3.63) is 29.3 Å². The number of carbonyl (C=O) groups is 1. The van der Waals surface area contributed by atoms with Crippen LogP contribution in [0.4, 0.5) is 5.69 Å². The van der Waals surface area contributed by atoms with E-state index >= 15 is 0 Å². The summed E-state index contributed by atoms with van der Waals surface area (Å²) in [5, 5.41) is 8.02. The Hall–Kier alpha value is -1.14. The summed E-state index contributed by atoms with van der Waals surface area (Å²) in [6.07, 6.45) is 4.20. The molecule has 0 spiro atoms. The van der Waals surface area contributed by atoms with E-state index in [4.69, 9.17) is 16.3 Å². The van der Waals surface area contributed by atoms with Gasteiger partial charge in [-0.05, 0) is 30.9 Å². The molecule has 4 unspecified atom stereocenters. The maximum absolute atomic E-state index is 12.5. The van der Waals surface area contributed by atoms with E-state index in [1.165, 1.54) is 19.3 Å². The number of anilines is 1. The minimum absolute atomic E-state index is 0.152. The van der Waals surface area contributed by atoms with Crippen LogP contribution in [0.1, 0.15) is 25.7 Å². The summed E-state index contributed by atoms with van der Waals surface area (Å²) >= 11 is 6.28. The topological polar surface area (TPSA) is 53.6 Å². The van der Waals surface area contributed by atoms with Gasteiger partial charge in [0.2, 0.25) is 5.91 Å². The molecule has 1 amide bonds. The fraction of sp³-hybridized carbons (Fsp3) is 0.632. The average Bonchev–Trinajstić information content (AvgIpc) is 3.23. The van der Waals surface area contributed by atoms with Gasteiger partial charge in [-0.2, -0.15) is 0 Å². The number of hydrogen-bond acceptors (Lipinski definition) is 4. The van der Waals surface area contributed by atoms with Crippen molar-refractivity contribution >= 4 is 23.2 Å². The van der Waals surface area contributed by atoms with Crippen molar-refractivity contribution < 1.29 is 9.53 Å². The zero-order valence-corrected chi connectivity index (χ0v) is 15.2. The summed E-state index contributed by atoms with van der Waals surface area (Å²) in [4.78, 5) is 14.3. The lowest BCUT2D eigenvalue weighted by Crippen LogP contribution is -2.52. The molecule has 2 heterocycles. The van der Waals surface area contributed by atoms with E-state index in [2.05, 4.69) is 10.6 Å². The molecule has 0 aromatic heterocycles. The van der Waals surface area contributed by atoms with Crippen LogP contribution in [0.3, 0.4) is 0 Å². The number of nitrogens with zero attached hydrogens (tertiary/aromatic N) is 1. The number of ether oxygens (including phenoxy) is 1. The first-order chi connectivity index (χ1) is 12.2. The van der Waals surface area contributed by atoms with Gasteiger partial charge in [-0.15, -0.1) is 0 Å². The summed E-state index contributed by atoms with van der Waals surface area (Å²) < 4.78 is 5.65. The van der Waals surface area contributed by atoms with Crippen molar-refractivity contribution in [2.24, 2.45) is 5.92 Å². The van der Waals surface area contributed by atoms with Crippen LogP contribution < -0.4 is 15.5 Å². The normalized spacial score (nSPS) is 33.2. The largest absolute Gasteiger partial charge is 0.379 e. The average molecular weight is 364 g/mol. The molecule has 4 rings (SSSR count). The highest BCUT2D eigenvalue weighted by molar-refractivity contribution is 6.33. The molecular formula is C19H26ClN3O2. The Morgan fingerprint density at radius 3 is 2.96 bits per heavy atom. The van der Waals surface area contributed by atoms with E-state index in [-0.39, 0.29) is 11.9 Å². The number of carbonyl (C=O) groups excluding carboxylic acids is 1. The molecule has 4 atom stereocenters. The molecule has 1 aromatic carbocycles. The predicted molar refractivity (Wildman–Crippen MR) is 99.1 cm³/mol. The second kappa shape index (κ2) is 7.62. The molecule has 2 aliphatic heterocycles. The van der Waals surface area contributed by atoms with Crippen molar-refractivity contribution in [2.45, 2.75) is 43.8 Å². The van der Waals surface area contributed by atoms with Gasteiger partial charge >= 0.3 is 0 Å². The standard InChI is InChI=1S/C19H26ClN3O2/c20-15-5-1-2-7-18(15)23-11-13(10-19(23)24)22-16-6-3-4-14(16)17-12-25-9-8-21-17/h1-2,5,7,13-14,16-17,21-22H,3-4,6,8-12H2. The number of halogens is 1. The monoisotopic (exact) mass is 363 g/mol. The Balaban J connectivity index is 1.40. The molecule has 1 aromatic rings. The number of benzene rings is 1. The van der Waals surface area contributed by atoms with Gasteiger partial charge in [-0.1, -0.05) is 30.2 Å². The Labute approximate surface area is 154 Å². The van der Waals surface area contributed by atoms with Gasteiger partial charge in [-0.25, -0.2) is 0 Å². The highest BCUT2D eigenvalue weighted by Gasteiger charge is 2.38. The lowest BCUT2D eigenvalue weighted by molar-refractivity contribution is -0.117. The van der Waals surface area contributed by atoms with Crippen LogP contribution >= 0.6 is 11.6 Å². The van der Waals surface area contributed by atoms with Crippen LogP contribution in [-0.4, -0.2) is 50.3 Å². The summed E-state index contributed by atoms with van der Waals surface area (Å²) in [7, 11) is 0. The summed E-state index contributed by atoms with van der Waals surface area (Å²) in [6.45, 7) is 3.25. The van der Waals surface area contributed by atoms with E-state index in [9.17, 15) is 4.79 Å². The van der Waals surface area contributed by atoms with E-state index < -0.39 is 0 Å². The molecule has 0 radical (unpaired) electrons. The van der Waals surface area contributed by atoms with Crippen LogP contribution in [0.25, 0.3) is 0 Å². The minimum atomic E-state index is 0.152. The predicted octanol–water partition coefficient (Wildman–Crippen LogP) is 2.19. The van der Waals surface area contributed by atoms with Crippen LogP contribution in [0.5, 0.6) is 0 Å². The molecule has 25 heavy (non-hydrogen) atoms. The minimum Gasteiger partial charge on any atom is -0.379 e. The van der Waals surface area contributed by atoms with Crippen LogP contribution in [0.15, 0.2) is 24.3 Å². The molecular weight excluding hydrogens is 338 g/mol. The lowest BCUT2D eigenvalue weighted by atomic mass is 9.93. The van der Waals surface area contributed by atoms with Gasteiger partial charge in [0.1, 0.15) is 0 Å². The molecule has 5 nitrogen and oxygen atoms in total. The Morgan fingerprint density at radius 2 is 2.16 bits per heavy atom. The van der Waals surface area contributed by atoms with E-state index in [1.807, 2.05) is 29.2 Å². The Kier molecular flexibility index (Phi) is 5.27. The first-order valence-electron chi connectivity index (χ1n) is 9.34. The number of morpholine rings is 1. The second-order valence-electron chi connectivity index (χ2n) is 7.36. The number of hydrogen-bond donors (Lipinski definition) is 2. The molecule has 3 aliphatic rings. The fourth-order valence-corrected chi connectivity index (χ4v) is 4.80. The zero-order valence-electron chi connectivity index (χ0n) is 14.4. The first kappa shape index (κ1) is 17.3. The van der Waals surface area contributed by atoms with E-state index in [0.717, 1.165) is 25.4 Å². The number of rotatable bonds is 4. The number of para-hydroxylation sites is 1. The third-order valence-corrected chi connectivity index (χ3v) is 6.07. The van der Waals surface area contributed by atoms with Gasteiger partial charge in [0.05, 0.1) is 23.9 Å². The Bertz CT molecular complexity index is 620. The molecule has 1 aliphatic carbocycles. The van der Waals surface area contributed by atoms with Gasteiger partial charge in [-0.3, -0.25) is 4.79 Å². The summed E-state index contributed by atoms with van der Waals surface area (Å²) in [5.74, 6) is 0.740.